The van der Waals surface area contributed by atoms with Crippen LogP contribution in [0, 0.1) is 10.1 Å². The van der Waals surface area contributed by atoms with E-state index in [0.29, 0.717) is 12.3 Å². The second-order valence-electron chi connectivity index (χ2n) is 5.16. The summed E-state index contributed by atoms with van der Waals surface area (Å²) in [7, 11) is 0. The summed E-state index contributed by atoms with van der Waals surface area (Å²) in [6.07, 6.45) is 2.89. The van der Waals surface area contributed by atoms with Crippen molar-refractivity contribution in [2.75, 3.05) is 25.1 Å². The molecule has 1 aromatic rings. The average Bonchev–Trinajstić information content (AvgIpc) is 2.52. The lowest BCUT2D eigenvalue weighted by atomic mass is 10.1. The van der Waals surface area contributed by atoms with Gasteiger partial charge in [0.15, 0.2) is 0 Å². The molecule has 1 N–H and O–H groups in total. The molecule has 2 rings (SSSR count). The molecule has 0 aromatic heterocycles. The lowest BCUT2D eigenvalue weighted by Crippen LogP contribution is -2.23. The SMILES string of the molecule is CCCNc1ccc(COC2CCOCC2)cc1[N+](=O)[O-]. The van der Waals surface area contributed by atoms with Gasteiger partial charge in [-0.2, -0.15) is 0 Å². The van der Waals surface area contributed by atoms with Crippen LogP contribution >= 0.6 is 0 Å². The molecule has 0 amide bonds. The highest BCUT2D eigenvalue weighted by molar-refractivity contribution is 5.62. The fourth-order valence-electron chi connectivity index (χ4n) is 2.28. The second kappa shape index (κ2) is 7.95. The molecule has 116 valence electrons. The predicted octanol–water partition coefficient (Wildman–Crippen LogP) is 3.11. The van der Waals surface area contributed by atoms with Crippen molar-refractivity contribution in [3.8, 4) is 0 Å². The maximum atomic E-state index is 11.2. The Hall–Kier alpha value is -1.66. The molecular formula is C15H22N2O4. The fourth-order valence-corrected chi connectivity index (χ4v) is 2.28. The third-order valence-corrected chi connectivity index (χ3v) is 3.48. The summed E-state index contributed by atoms with van der Waals surface area (Å²) in [6, 6.07) is 5.23. The van der Waals surface area contributed by atoms with Gasteiger partial charge in [-0.1, -0.05) is 13.0 Å². The molecule has 0 spiro atoms. The Kier molecular flexibility index (Phi) is 5.95. The molecule has 0 saturated carbocycles. The molecule has 6 heteroatoms. The van der Waals surface area contributed by atoms with Crippen molar-refractivity contribution in [2.24, 2.45) is 0 Å². The van der Waals surface area contributed by atoms with Crippen molar-refractivity contribution in [2.45, 2.75) is 38.9 Å². The van der Waals surface area contributed by atoms with Crippen LogP contribution in [0.25, 0.3) is 0 Å². The van der Waals surface area contributed by atoms with Crippen molar-refractivity contribution in [1.29, 1.82) is 0 Å². The molecule has 21 heavy (non-hydrogen) atoms. The summed E-state index contributed by atoms with van der Waals surface area (Å²) in [4.78, 5) is 10.8. The highest BCUT2D eigenvalue weighted by atomic mass is 16.6. The molecule has 0 radical (unpaired) electrons. The van der Waals surface area contributed by atoms with E-state index in [1.165, 1.54) is 0 Å². The lowest BCUT2D eigenvalue weighted by molar-refractivity contribution is -0.384. The minimum atomic E-state index is -0.351. The smallest absolute Gasteiger partial charge is 0.292 e. The molecule has 1 saturated heterocycles. The normalized spacial score (nSPS) is 15.9. The number of benzene rings is 1. The monoisotopic (exact) mass is 294 g/mol. The van der Waals surface area contributed by atoms with E-state index >= 15 is 0 Å². The summed E-state index contributed by atoms with van der Waals surface area (Å²) in [5.41, 5.74) is 1.50. The molecule has 0 atom stereocenters. The zero-order valence-electron chi connectivity index (χ0n) is 12.3. The first-order valence-electron chi connectivity index (χ1n) is 7.41. The highest BCUT2D eigenvalue weighted by Gasteiger charge is 2.17. The summed E-state index contributed by atoms with van der Waals surface area (Å²) in [6.45, 7) is 4.60. The molecule has 0 unspecified atom stereocenters. The van der Waals surface area contributed by atoms with Crippen molar-refractivity contribution in [1.82, 2.24) is 0 Å². The Morgan fingerprint density at radius 3 is 2.86 bits per heavy atom. The Morgan fingerprint density at radius 1 is 1.43 bits per heavy atom. The Bertz CT molecular complexity index is 473. The molecular weight excluding hydrogens is 272 g/mol. The van der Waals surface area contributed by atoms with E-state index in [1.807, 2.05) is 13.0 Å². The predicted molar refractivity (Wildman–Crippen MR) is 80.5 cm³/mol. The van der Waals surface area contributed by atoms with Gasteiger partial charge in [0.25, 0.3) is 5.69 Å². The molecule has 6 nitrogen and oxygen atoms in total. The number of hydrogen-bond donors (Lipinski definition) is 1. The number of hydrogen-bond acceptors (Lipinski definition) is 5. The van der Waals surface area contributed by atoms with Crippen LogP contribution in [-0.4, -0.2) is 30.8 Å². The number of nitrogens with one attached hydrogen (secondary N) is 1. The van der Waals surface area contributed by atoms with E-state index in [9.17, 15) is 10.1 Å². The topological polar surface area (TPSA) is 73.6 Å². The molecule has 1 fully saturated rings. The summed E-state index contributed by atoms with van der Waals surface area (Å²) >= 11 is 0. The van der Waals surface area contributed by atoms with Crippen LogP contribution in [0.15, 0.2) is 18.2 Å². The summed E-state index contributed by atoms with van der Waals surface area (Å²) < 4.78 is 11.1. The first kappa shape index (κ1) is 15.7. The van der Waals surface area contributed by atoms with Crippen molar-refractivity contribution < 1.29 is 14.4 Å². The fraction of sp³-hybridized carbons (Fsp3) is 0.600. The molecule has 1 heterocycles. The van der Waals surface area contributed by atoms with E-state index in [2.05, 4.69) is 5.32 Å². The van der Waals surface area contributed by atoms with Crippen molar-refractivity contribution in [3.05, 3.63) is 33.9 Å². The van der Waals surface area contributed by atoms with Gasteiger partial charge in [-0.15, -0.1) is 0 Å². The van der Waals surface area contributed by atoms with Gasteiger partial charge in [0.1, 0.15) is 5.69 Å². The minimum Gasteiger partial charge on any atom is -0.381 e. The maximum Gasteiger partial charge on any atom is 0.292 e. The number of ether oxygens (including phenoxy) is 2. The van der Waals surface area contributed by atoms with E-state index in [4.69, 9.17) is 9.47 Å². The standard InChI is InChI=1S/C15H22N2O4/c1-2-7-16-14-4-3-12(10-15(14)17(18)19)11-21-13-5-8-20-9-6-13/h3-4,10,13,16H,2,5-9,11H2,1H3. The number of rotatable bonds is 7. The van der Waals surface area contributed by atoms with Gasteiger partial charge in [-0.25, -0.2) is 0 Å². The van der Waals surface area contributed by atoms with Crippen LogP contribution < -0.4 is 5.32 Å². The summed E-state index contributed by atoms with van der Waals surface area (Å²) in [5, 5.41) is 14.2. The molecule has 1 aliphatic heterocycles. The van der Waals surface area contributed by atoms with Crippen LogP contribution in [0.4, 0.5) is 11.4 Å². The quantitative estimate of drug-likeness (QED) is 0.618. The minimum absolute atomic E-state index is 0.108. The van der Waals surface area contributed by atoms with Gasteiger partial charge in [0.2, 0.25) is 0 Å². The highest BCUT2D eigenvalue weighted by Crippen LogP contribution is 2.26. The molecule has 1 aliphatic rings. The van der Waals surface area contributed by atoms with Crippen molar-refractivity contribution >= 4 is 11.4 Å². The zero-order chi connectivity index (χ0) is 15.1. The van der Waals surface area contributed by atoms with Gasteiger partial charge >= 0.3 is 0 Å². The average molecular weight is 294 g/mol. The van der Waals surface area contributed by atoms with Crippen LogP contribution in [-0.2, 0) is 16.1 Å². The number of anilines is 1. The zero-order valence-corrected chi connectivity index (χ0v) is 12.3. The number of nitrogens with zero attached hydrogens (tertiary/aromatic N) is 1. The second-order valence-corrected chi connectivity index (χ2v) is 5.16. The molecule has 1 aromatic carbocycles. The van der Waals surface area contributed by atoms with Gasteiger partial charge in [-0.05, 0) is 30.9 Å². The van der Waals surface area contributed by atoms with Gasteiger partial charge in [0, 0.05) is 25.8 Å². The largest absolute Gasteiger partial charge is 0.381 e. The Balaban J connectivity index is 1.99. The van der Waals surface area contributed by atoms with Gasteiger partial charge < -0.3 is 14.8 Å². The van der Waals surface area contributed by atoms with E-state index in [-0.39, 0.29) is 16.7 Å². The Morgan fingerprint density at radius 2 is 2.19 bits per heavy atom. The third kappa shape index (κ3) is 4.68. The van der Waals surface area contributed by atoms with Crippen LogP contribution in [0.2, 0.25) is 0 Å². The number of nitro groups is 1. The molecule has 0 bridgehead atoms. The van der Waals surface area contributed by atoms with Crippen molar-refractivity contribution in [3.63, 3.8) is 0 Å². The van der Waals surface area contributed by atoms with Gasteiger partial charge in [0.05, 0.1) is 17.6 Å². The van der Waals surface area contributed by atoms with E-state index < -0.39 is 0 Å². The van der Waals surface area contributed by atoms with Crippen LogP contribution in [0.3, 0.4) is 0 Å². The van der Waals surface area contributed by atoms with Crippen LogP contribution in [0.5, 0.6) is 0 Å². The lowest BCUT2D eigenvalue weighted by Gasteiger charge is -2.22. The molecule has 0 aliphatic carbocycles. The third-order valence-electron chi connectivity index (χ3n) is 3.48. The first-order chi connectivity index (χ1) is 10.2. The number of nitro benzene ring substituents is 1. The van der Waals surface area contributed by atoms with E-state index in [0.717, 1.165) is 44.6 Å². The summed E-state index contributed by atoms with van der Waals surface area (Å²) in [5.74, 6) is 0. The van der Waals surface area contributed by atoms with Crippen LogP contribution in [0.1, 0.15) is 31.7 Å². The maximum absolute atomic E-state index is 11.2. The van der Waals surface area contributed by atoms with E-state index in [1.54, 1.807) is 12.1 Å². The van der Waals surface area contributed by atoms with Gasteiger partial charge in [-0.3, -0.25) is 10.1 Å². The Labute approximate surface area is 124 Å². The first-order valence-corrected chi connectivity index (χ1v) is 7.41.